The van der Waals surface area contributed by atoms with Gasteiger partial charge in [-0.05, 0) is 216 Å². The summed E-state index contributed by atoms with van der Waals surface area (Å²) in [6, 6.07) is 155. The minimum absolute atomic E-state index is 1.08. The van der Waals surface area contributed by atoms with E-state index in [0.717, 1.165) is 47.5 Å². The summed E-state index contributed by atoms with van der Waals surface area (Å²) in [5.74, 6) is 0. The molecule has 0 N–H and O–H groups in total. The Bertz CT molecular complexity index is 6090. The summed E-state index contributed by atoms with van der Waals surface area (Å²) >= 11 is 10.7. The second-order valence-corrected chi connectivity index (χ2v) is 29.1. The van der Waals surface area contributed by atoms with E-state index < -0.39 is 0 Å². The van der Waals surface area contributed by atoms with Gasteiger partial charge in [0.15, 0.2) is 0 Å². The van der Waals surface area contributed by atoms with Crippen molar-refractivity contribution < 1.29 is 0 Å². The van der Waals surface area contributed by atoms with Crippen molar-refractivity contribution >= 4 is 131 Å². The summed E-state index contributed by atoms with van der Waals surface area (Å²) in [6.07, 6.45) is 0. The van der Waals surface area contributed by atoms with Gasteiger partial charge in [-0.15, -0.1) is 0 Å². The molecule has 0 spiro atoms. The van der Waals surface area contributed by atoms with Crippen LogP contribution in [0.1, 0.15) is 0 Å². The van der Waals surface area contributed by atoms with E-state index in [9.17, 15) is 0 Å². The van der Waals surface area contributed by atoms with Crippen LogP contribution in [0, 0.1) is 0 Å². The first-order valence-corrected chi connectivity index (χ1v) is 38.6. The first kappa shape index (κ1) is 69.9. The van der Waals surface area contributed by atoms with Crippen LogP contribution in [-0.4, -0.2) is 0 Å². The molecule has 0 saturated carbocycles. The highest BCUT2D eigenvalue weighted by atomic mass is 79.9. The molecule has 0 radical (unpaired) electrons. The third kappa shape index (κ3) is 15.8. The molecule has 0 bridgehead atoms. The zero-order chi connectivity index (χ0) is 73.0. The van der Waals surface area contributed by atoms with E-state index in [2.05, 4.69) is 499 Å². The van der Waals surface area contributed by atoms with Crippen LogP contribution in [0.15, 0.2) is 450 Å². The number of rotatable bonds is 15. The molecule has 108 heavy (non-hydrogen) atoms. The Morgan fingerprint density at radius 1 is 0.148 bits per heavy atom. The van der Waals surface area contributed by atoms with Crippen LogP contribution in [0.4, 0.5) is 51.2 Å². The highest BCUT2D eigenvalue weighted by Gasteiger charge is 2.20. The van der Waals surface area contributed by atoms with E-state index in [0.29, 0.717) is 0 Å². The van der Waals surface area contributed by atoms with Gasteiger partial charge in [-0.3, -0.25) is 0 Å². The number of hydrogen-bond acceptors (Lipinski definition) is 3. The monoisotopic (exact) mass is 1580 g/mol. The number of fused-ring (bicyclic) bond motifs is 3. The molecule has 0 amide bonds. The maximum absolute atomic E-state index is 3.60. The Morgan fingerprint density at radius 2 is 0.407 bits per heavy atom. The van der Waals surface area contributed by atoms with Gasteiger partial charge in [-0.25, -0.2) is 0 Å². The maximum atomic E-state index is 3.60. The third-order valence-electron chi connectivity index (χ3n) is 19.5. The standard InChI is InChI=1S/3C34H24BrN/c35-30-16-7-14-28(23-30)26-12-6-13-27(22-26)29-15-8-19-32(24-29)36(31-17-2-1-3-18-31)34-21-9-11-25-10-4-5-20-33(25)34;35-30-13-6-11-28(23-30)25-19-21-26(22-20-25)29-12-7-16-32(24-29)36(31-14-2-1-3-15-31)34-18-8-10-27-9-4-5-17-33(27)34;35-28-21-17-26(18-22-28)31-13-6-7-14-32(31)27-19-23-30(24-20-27)36(29-11-2-1-3-12-29)34-16-8-10-25-9-4-5-15-33(25)34/h3*1-24H. The average Bonchev–Trinajstić information content (AvgIpc) is 0.792. The predicted molar refractivity (Wildman–Crippen MR) is 472 cm³/mol. The molecule has 0 aliphatic heterocycles. The fourth-order valence-electron chi connectivity index (χ4n) is 14.3. The zero-order valence-corrected chi connectivity index (χ0v) is 63.8. The Balaban J connectivity index is 0.000000124. The van der Waals surface area contributed by atoms with Crippen LogP contribution in [0.3, 0.4) is 0 Å². The lowest BCUT2D eigenvalue weighted by molar-refractivity contribution is 1.30. The second kappa shape index (κ2) is 32.9. The van der Waals surface area contributed by atoms with E-state index in [4.69, 9.17) is 0 Å². The zero-order valence-electron chi connectivity index (χ0n) is 59.0. The molecule has 0 aromatic heterocycles. The Hall–Kier alpha value is -12.4. The van der Waals surface area contributed by atoms with Gasteiger partial charge in [0.2, 0.25) is 0 Å². The number of anilines is 9. The quantitative estimate of drug-likeness (QED) is 0.101. The van der Waals surface area contributed by atoms with Crippen molar-refractivity contribution in [3.63, 3.8) is 0 Å². The SMILES string of the molecule is Brc1ccc(-c2ccccc2-c2ccc(N(c3ccccc3)c3cccc4ccccc34)cc2)cc1.Brc1cccc(-c2ccc(-c3cccc(N(c4ccccc4)c4cccc5ccccc45)c3)cc2)c1.Brc1cccc(-c2cccc(-c3cccc(N(c4ccccc4)c4cccc5ccccc45)c3)c2)c1. The molecule has 18 aromatic rings. The van der Waals surface area contributed by atoms with Gasteiger partial charge in [-0.2, -0.15) is 0 Å². The van der Waals surface area contributed by atoms with Crippen LogP contribution < -0.4 is 14.7 Å². The lowest BCUT2D eigenvalue weighted by Gasteiger charge is -2.27. The first-order chi connectivity index (χ1) is 53.3. The van der Waals surface area contributed by atoms with Gasteiger partial charge in [0, 0.05) is 63.7 Å². The van der Waals surface area contributed by atoms with Crippen LogP contribution in [0.25, 0.3) is 99.1 Å². The highest BCUT2D eigenvalue weighted by molar-refractivity contribution is 9.11. The maximum Gasteiger partial charge on any atom is 0.0540 e. The van der Waals surface area contributed by atoms with Gasteiger partial charge in [0.1, 0.15) is 0 Å². The molecule has 3 nitrogen and oxygen atoms in total. The first-order valence-electron chi connectivity index (χ1n) is 36.2. The van der Waals surface area contributed by atoms with E-state index in [1.54, 1.807) is 0 Å². The molecule has 18 aromatic carbocycles. The minimum atomic E-state index is 1.08. The molecule has 0 unspecified atom stereocenters. The fourth-order valence-corrected chi connectivity index (χ4v) is 15.4. The molecule has 18 rings (SSSR count). The number of para-hydroxylation sites is 3. The van der Waals surface area contributed by atoms with Crippen LogP contribution in [-0.2, 0) is 0 Å². The van der Waals surface area contributed by atoms with Gasteiger partial charge in [-0.1, -0.05) is 351 Å². The number of halogens is 3. The lowest BCUT2D eigenvalue weighted by Crippen LogP contribution is -2.10. The normalized spacial score (nSPS) is 10.9. The van der Waals surface area contributed by atoms with E-state index >= 15 is 0 Å². The Kier molecular flexibility index (Phi) is 21.3. The smallest absolute Gasteiger partial charge is 0.0540 e. The minimum Gasteiger partial charge on any atom is -0.310 e. The molecule has 0 aliphatic carbocycles. The molecular weight excluding hydrogens is 1510 g/mol. The van der Waals surface area contributed by atoms with E-state index in [1.165, 1.54) is 116 Å². The van der Waals surface area contributed by atoms with Crippen molar-refractivity contribution in [1.29, 1.82) is 0 Å². The number of benzene rings is 18. The van der Waals surface area contributed by atoms with E-state index in [1.807, 2.05) is 0 Å². The molecule has 0 heterocycles. The Morgan fingerprint density at radius 3 is 0.806 bits per heavy atom. The van der Waals surface area contributed by atoms with Crippen molar-refractivity contribution in [2.24, 2.45) is 0 Å². The molecule has 0 atom stereocenters. The molecule has 0 aliphatic rings. The Labute approximate surface area is 657 Å². The van der Waals surface area contributed by atoms with Crippen LogP contribution in [0.2, 0.25) is 0 Å². The second-order valence-electron chi connectivity index (χ2n) is 26.4. The van der Waals surface area contributed by atoms with Gasteiger partial charge in [0.05, 0.1) is 17.1 Å². The van der Waals surface area contributed by atoms with Gasteiger partial charge < -0.3 is 14.7 Å². The van der Waals surface area contributed by atoms with Crippen LogP contribution >= 0.6 is 47.8 Å². The third-order valence-corrected chi connectivity index (χ3v) is 21.0. The van der Waals surface area contributed by atoms with Gasteiger partial charge >= 0.3 is 0 Å². The van der Waals surface area contributed by atoms with Crippen molar-refractivity contribution in [2.45, 2.75) is 0 Å². The fraction of sp³-hybridized carbons (Fsp3) is 0. The van der Waals surface area contributed by atoms with Crippen molar-refractivity contribution in [2.75, 3.05) is 14.7 Å². The predicted octanol–water partition coefficient (Wildman–Crippen LogP) is 31.2. The summed E-state index contributed by atoms with van der Waals surface area (Å²) in [5.41, 5.74) is 24.7. The molecule has 0 fully saturated rings. The summed E-state index contributed by atoms with van der Waals surface area (Å²) in [7, 11) is 0. The highest BCUT2D eigenvalue weighted by Crippen LogP contribution is 2.45. The number of nitrogens with zero attached hydrogens (tertiary/aromatic N) is 3. The lowest BCUT2D eigenvalue weighted by atomic mass is 9.94. The molecular formula is C102H72Br3N3. The number of hydrogen-bond donors (Lipinski definition) is 0. The summed E-state index contributed by atoms with van der Waals surface area (Å²) in [6.45, 7) is 0. The molecule has 516 valence electrons. The van der Waals surface area contributed by atoms with Crippen molar-refractivity contribution in [1.82, 2.24) is 0 Å². The largest absolute Gasteiger partial charge is 0.310 e. The summed E-state index contributed by atoms with van der Waals surface area (Å²) < 4.78 is 3.26. The molecule has 0 saturated heterocycles. The summed E-state index contributed by atoms with van der Waals surface area (Å²) in [5, 5.41) is 7.38. The molecule has 6 heteroatoms. The van der Waals surface area contributed by atoms with Crippen LogP contribution in [0.5, 0.6) is 0 Å². The van der Waals surface area contributed by atoms with Crippen molar-refractivity contribution in [3.05, 3.63) is 450 Å². The van der Waals surface area contributed by atoms with Gasteiger partial charge in [0.25, 0.3) is 0 Å². The average molecular weight is 1580 g/mol. The van der Waals surface area contributed by atoms with Crippen molar-refractivity contribution in [3.8, 4) is 66.8 Å². The summed E-state index contributed by atoms with van der Waals surface area (Å²) in [4.78, 5) is 7.04. The van der Waals surface area contributed by atoms with E-state index in [-0.39, 0.29) is 0 Å². The topological polar surface area (TPSA) is 9.72 Å².